The lowest BCUT2D eigenvalue weighted by Crippen LogP contribution is -2.40. The van der Waals surface area contributed by atoms with Crippen LogP contribution in [0.3, 0.4) is 0 Å². The van der Waals surface area contributed by atoms with Gasteiger partial charge < -0.3 is 15.2 Å². The lowest BCUT2D eigenvalue weighted by atomic mass is 10.2. The molecular weight excluding hydrogens is 335 g/mol. The van der Waals surface area contributed by atoms with Gasteiger partial charge in [-0.1, -0.05) is 24.3 Å². The molecule has 0 bridgehead atoms. The summed E-state index contributed by atoms with van der Waals surface area (Å²) in [7, 11) is 0. The van der Waals surface area contributed by atoms with Crippen molar-refractivity contribution in [1.82, 2.24) is 20.2 Å². The highest BCUT2D eigenvalue weighted by atomic mass is 32.1. The van der Waals surface area contributed by atoms with Crippen LogP contribution in [0, 0.1) is 5.82 Å². The fraction of sp³-hybridized carbons (Fsp3) is 0.263. The van der Waals surface area contributed by atoms with Gasteiger partial charge in [0.2, 0.25) is 0 Å². The van der Waals surface area contributed by atoms with Gasteiger partial charge in [0.1, 0.15) is 11.6 Å². The van der Waals surface area contributed by atoms with Crippen LogP contribution in [0.5, 0.6) is 0 Å². The zero-order chi connectivity index (χ0) is 17.6. The van der Waals surface area contributed by atoms with Gasteiger partial charge in [0.25, 0.3) is 0 Å². The normalized spacial score (nSPS) is 10.8. The maximum absolute atomic E-state index is 13.1. The molecule has 0 amide bonds. The van der Waals surface area contributed by atoms with Crippen molar-refractivity contribution in [2.75, 3.05) is 13.1 Å². The van der Waals surface area contributed by atoms with Crippen LogP contribution in [0.4, 0.5) is 4.39 Å². The first kappa shape index (κ1) is 17.4. The van der Waals surface area contributed by atoms with Crippen LogP contribution >= 0.6 is 12.2 Å². The summed E-state index contributed by atoms with van der Waals surface area (Å²) in [5.74, 6) is 0.705. The monoisotopic (exact) mass is 356 g/mol. The average Bonchev–Trinajstić information content (AvgIpc) is 3.03. The number of hydrogen-bond donors (Lipinski definition) is 2. The Labute approximate surface area is 152 Å². The minimum atomic E-state index is -0.230. The molecule has 0 spiro atoms. The smallest absolute Gasteiger partial charge is 0.169 e. The summed E-state index contributed by atoms with van der Waals surface area (Å²) < 4.78 is 13.1. The summed E-state index contributed by atoms with van der Waals surface area (Å²) >= 11 is 5.49. The molecule has 4 nitrogen and oxygen atoms in total. The van der Waals surface area contributed by atoms with E-state index in [2.05, 4.69) is 20.2 Å². The van der Waals surface area contributed by atoms with Crippen LogP contribution in [-0.4, -0.2) is 33.1 Å². The zero-order valence-corrected chi connectivity index (χ0v) is 14.9. The zero-order valence-electron chi connectivity index (χ0n) is 14.1. The fourth-order valence-corrected chi connectivity index (χ4v) is 2.99. The van der Waals surface area contributed by atoms with Crippen molar-refractivity contribution in [1.29, 1.82) is 0 Å². The Morgan fingerprint density at radius 1 is 1.20 bits per heavy atom. The number of nitrogens with one attached hydrogen (secondary N) is 2. The second-order valence-electron chi connectivity index (χ2n) is 5.83. The third kappa shape index (κ3) is 4.54. The first-order chi connectivity index (χ1) is 12.2. The van der Waals surface area contributed by atoms with E-state index in [9.17, 15) is 4.39 Å². The van der Waals surface area contributed by atoms with E-state index in [4.69, 9.17) is 12.2 Å². The molecule has 0 aliphatic carbocycles. The van der Waals surface area contributed by atoms with Crippen molar-refractivity contribution in [3.05, 3.63) is 65.7 Å². The summed E-state index contributed by atoms with van der Waals surface area (Å²) in [5, 5.41) is 3.89. The summed E-state index contributed by atoms with van der Waals surface area (Å²) in [6.45, 7) is 4.14. The first-order valence-corrected chi connectivity index (χ1v) is 8.77. The molecule has 2 aromatic carbocycles. The maximum atomic E-state index is 13.1. The van der Waals surface area contributed by atoms with Crippen molar-refractivity contribution < 1.29 is 4.39 Å². The quantitative estimate of drug-likeness (QED) is 0.662. The van der Waals surface area contributed by atoms with Gasteiger partial charge in [-0.3, -0.25) is 0 Å². The van der Waals surface area contributed by atoms with E-state index in [1.165, 1.54) is 12.1 Å². The molecule has 1 heterocycles. The largest absolute Gasteiger partial charge is 0.363 e. The van der Waals surface area contributed by atoms with Crippen molar-refractivity contribution in [3.63, 3.8) is 0 Å². The third-order valence-corrected chi connectivity index (χ3v) is 4.36. The molecule has 2 N–H and O–H groups in total. The molecule has 3 aromatic rings. The number of aromatic nitrogens is 2. The van der Waals surface area contributed by atoms with Crippen LogP contribution in [0.15, 0.2) is 48.5 Å². The second kappa shape index (κ2) is 8.07. The number of aromatic amines is 1. The topological polar surface area (TPSA) is 44.0 Å². The molecule has 0 atom stereocenters. The van der Waals surface area contributed by atoms with Crippen molar-refractivity contribution in [3.8, 4) is 0 Å². The van der Waals surface area contributed by atoms with Gasteiger partial charge in [-0.05, 0) is 49.0 Å². The predicted octanol–water partition coefficient (Wildman–Crippen LogP) is 3.64. The Balaban J connectivity index is 1.70. The molecule has 0 saturated carbocycles. The van der Waals surface area contributed by atoms with Crippen LogP contribution in [0.25, 0.3) is 11.0 Å². The number of fused-ring (bicyclic) bond motifs is 1. The number of imidazole rings is 1. The Hall–Kier alpha value is -2.47. The number of hydrogen-bond acceptors (Lipinski definition) is 2. The van der Waals surface area contributed by atoms with Gasteiger partial charge in [0.05, 0.1) is 11.0 Å². The highest BCUT2D eigenvalue weighted by Gasteiger charge is 2.12. The molecule has 0 radical (unpaired) electrons. The molecule has 6 heteroatoms. The van der Waals surface area contributed by atoms with Crippen molar-refractivity contribution in [2.45, 2.75) is 19.9 Å². The van der Waals surface area contributed by atoms with E-state index in [0.717, 1.165) is 41.9 Å². The lowest BCUT2D eigenvalue weighted by Gasteiger charge is -2.25. The number of nitrogens with zero attached hydrogens (tertiary/aromatic N) is 2. The van der Waals surface area contributed by atoms with Gasteiger partial charge in [-0.2, -0.15) is 0 Å². The van der Waals surface area contributed by atoms with E-state index in [-0.39, 0.29) is 5.82 Å². The van der Waals surface area contributed by atoms with E-state index in [1.807, 2.05) is 31.2 Å². The standard InChI is InChI=1S/C19H21FN4S/c1-2-21-19(25)24(13-14-7-9-15(20)10-8-14)12-11-18-22-16-5-3-4-6-17(16)23-18/h3-10H,2,11-13H2,1H3,(H,21,25)(H,22,23). The average molecular weight is 356 g/mol. The molecule has 3 rings (SSSR count). The van der Waals surface area contributed by atoms with Crippen LogP contribution in [0.2, 0.25) is 0 Å². The van der Waals surface area contributed by atoms with E-state index < -0.39 is 0 Å². The molecule has 0 unspecified atom stereocenters. The summed E-state index contributed by atoms with van der Waals surface area (Å²) in [6.07, 6.45) is 0.751. The Morgan fingerprint density at radius 2 is 1.96 bits per heavy atom. The fourth-order valence-electron chi connectivity index (χ4n) is 2.69. The van der Waals surface area contributed by atoms with Crippen LogP contribution < -0.4 is 5.32 Å². The molecule has 0 fully saturated rings. The summed E-state index contributed by atoms with van der Waals surface area (Å²) in [6, 6.07) is 14.5. The van der Waals surface area contributed by atoms with E-state index in [1.54, 1.807) is 12.1 Å². The maximum Gasteiger partial charge on any atom is 0.169 e. The van der Waals surface area contributed by atoms with E-state index in [0.29, 0.717) is 11.7 Å². The highest BCUT2D eigenvalue weighted by Crippen LogP contribution is 2.12. The van der Waals surface area contributed by atoms with Crippen LogP contribution in [0.1, 0.15) is 18.3 Å². The molecule has 0 aliphatic rings. The molecule has 0 aliphatic heterocycles. The Kier molecular flexibility index (Phi) is 5.60. The third-order valence-electron chi connectivity index (χ3n) is 3.96. The van der Waals surface area contributed by atoms with Gasteiger partial charge in [-0.15, -0.1) is 0 Å². The highest BCUT2D eigenvalue weighted by molar-refractivity contribution is 7.80. The minimum Gasteiger partial charge on any atom is -0.363 e. The number of halogens is 1. The van der Waals surface area contributed by atoms with Crippen molar-refractivity contribution in [2.24, 2.45) is 0 Å². The minimum absolute atomic E-state index is 0.230. The van der Waals surface area contributed by atoms with Gasteiger partial charge in [0.15, 0.2) is 5.11 Å². The number of benzene rings is 2. The Bertz CT molecular complexity index is 811. The second-order valence-corrected chi connectivity index (χ2v) is 6.22. The predicted molar refractivity (Wildman–Crippen MR) is 103 cm³/mol. The van der Waals surface area contributed by atoms with Crippen LogP contribution in [-0.2, 0) is 13.0 Å². The van der Waals surface area contributed by atoms with E-state index >= 15 is 0 Å². The van der Waals surface area contributed by atoms with Gasteiger partial charge >= 0.3 is 0 Å². The molecule has 0 saturated heterocycles. The lowest BCUT2D eigenvalue weighted by molar-refractivity contribution is 0.407. The molecule has 130 valence electrons. The summed E-state index contributed by atoms with van der Waals surface area (Å²) in [5.41, 5.74) is 3.03. The first-order valence-electron chi connectivity index (χ1n) is 8.36. The summed E-state index contributed by atoms with van der Waals surface area (Å²) in [4.78, 5) is 10.0. The van der Waals surface area contributed by atoms with Gasteiger partial charge in [0, 0.05) is 26.1 Å². The number of H-pyrrole nitrogens is 1. The number of thiocarbonyl (C=S) groups is 1. The van der Waals surface area contributed by atoms with Crippen molar-refractivity contribution >= 4 is 28.4 Å². The molecule has 1 aromatic heterocycles. The number of para-hydroxylation sites is 2. The molecule has 25 heavy (non-hydrogen) atoms. The SMILES string of the molecule is CCNC(=S)N(CCc1nc2ccccc2[nH]1)Cc1ccc(F)cc1. The number of rotatable bonds is 6. The Morgan fingerprint density at radius 3 is 2.68 bits per heavy atom. The molecular formula is C19H21FN4S. The van der Waals surface area contributed by atoms with Gasteiger partial charge in [-0.25, -0.2) is 9.37 Å².